The number of thioether (sulfide) groups is 1. The van der Waals surface area contributed by atoms with Crippen molar-refractivity contribution in [3.63, 3.8) is 0 Å². The van der Waals surface area contributed by atoms with Gasteiger partial charge in [0.15, 0.2) is 5.78 Å². The summed E-state index contributed by atoms with van der Waals surface area (Å²) in [5.74, 6) is 1.62. The Morgan fingerprint density at radius 3 is 2.73 bits per heavy atom. The Hall–Kier alpha value is -0.880. The highest BCUT2D eigenvalue weighted by molar-refractivity contribution is 9.10. The number of ketones is 1. The molecule has 0 N–H and O–H groups in total. The van der Waals surface area contributed by atoms with E-state index in [2.05, 4.69) is 15.9 Å². The minimum atomic E-state index is -3.48. The molecule has 0 aromatic heterocycles. The number of halogens is 1. The number of fused-ring (bicyclic) bond motifs is 1. The predicted molar refractivity (Wildman–Crippen MR) is 112 cm³/mol. The van der Waals surface area contributed by atoms with Gasteiger partial charge in [-0.2, -0.15) is 0 Å². The van der Waals surface area contributed by atoms with E-state index in [0.29, 0.717) is 35.7 Å². The Bertz CT molecular complexity index is 887. The van der Waals surface area contributed by atoms with E-state index in [1.165, 1.54) is 0 Å². The molecule has 0 spiro atoms. The molecular formula is C18H18BrO4PS2. The highest BCUT2D eigenvalue weighted by Gasteiger charge is 2.33. The molecule has 2 aromatic rings. The van der Waals surface area contributed by atoms with Crippen molar-refractivity contribution in [2.24, 2.45) is 0 Å². The fourth-order valence-corrected chi connectivity index (χ4v) is 6.78. The van der Waals surface area contributed by atoms with Gasteiger partial charge in [-0.15, -0.1) is 11.8 Å². The lowest BCUT2D eigenvalue weighted by Gasteiger charge is -2.20. The molecule has 2 aromatic carbocycles. The van der Waals surface area contributed by atoms with Crippen molar-refractivity contribution in [3.05, 3.63) is 52.0 Å². The summed E-state index contributed by atoms with van der Waals surface area (Å²) >= 11 is 6.14. The van der Waals surface area contributed by atoms with Crippen LogP contribution in [0, 0.1) is 0 Å². The van der Waals surface area contributed by atoms with E-state index in [9.17, 15) is 9.36 Å². The normalized spacial score (nSPS) is 15.4. The number of benzene rings is 2. The van der Waals surface area contributed by atoms with Gasteiger partial charge in [-0.3, -0.25) is 4.79 Å². The summed E-state index contributed by atoms with van der Waals surface area (Å²) in [6, 6.07) is 10.9. The fourth-order valence-electron chi connectivity index (χ4n) is 2.74. The number of hydrogen-bond acceptors (Lipinski definition) is 6. The van der Waals surface area contributed by atoms with Gasteiger partial charge >= 0.3 is 6.80 Å². The molecule has 1 unspecified atom stereocenters. The number of rotatable bonds is 7. The van der Waals surface area contributed by atoms with E-state index in [4.69, 9.17) is 9.05 Å². The van der Waals surface area contributed by atoms with Crippen LogP contribution in [0.3, 0.4) is 0 Å². The molecule has 0 bridgehead atoms. The summed E-state index contributed by atoms with van der Waals surface area (Å²) in [5, 5.41) is 0. The minimum Gasteiger partial charge on any atom is -0.408 e. The van der Waals surface area contributed by atoms with Crippen LogP contribution in [0.15, 0.2) is 45.8 Å². The largest absolute Gasteiger partial charge is 0.492 e. The van der Waals surface area contributed by atoms with Crippen LogP contribution in [-0.4, -0.2) is 17.8 Å². The Labute approximate surface area is 169 Å². The van der Waals surface area contributed by atoms with E-state index in [0.717, 1.165) is 26.3 Å². The second-order valence-electron chi connectivity index (χ2n) is 5.55. The van der Waals surface area contributed by atoms with Crippen LogP contribution in [-0.2, 0) is 11.0 Å². The smallest absolute Gasteiger partial charge is 0.408 e. The maximum absolute atomic E-state index is 13.3. The zero-order valence-corrected chi connectivity index (χ0v) is 18.5. The van der Waals surface area contributed by atoms with Gasteiger partial charge in [-0.1, -0.05) is 28.9 Å². The lowest BCUT2D eigenvalue weighted by atomic mass is 10.1. The molecule has 8 heteroatoms. The van der Waals surface area contributed by atoms with Crippen molar-refractivity contribution < 1.29 is 18.4 Å². The molecule has 1 aliphatic carbocycles. The highest BCUT2D eigenvalue weighted by atomic mass is 79.9. The first-order valence-electron chi connectivity index (χ1n) is 8.08. The minimum absolute atomic E-state index is 0.0730. The third-order valence-electron chi connectivity index (χ3n) is 3.86. The zero-order chi connectivity index (χ0) is 18.7. The van der Waals surface area contributed by atoms with E-state index >= 15 is 0 Å². The van der Waals surface area contributed by atoms with Crippen molar-refractivity contribution in [1.82, 2.24) is 0 Å². The molecule has 0 heterocycles. The van der Waals surface area contributed by atoms with Crippen LogP contribution in [0.2, 0.25) is 0 Å². The first-order chi connectivity index (χ1) is 12.5. The van der Waals surface area contributed by atoms with Gasteiger partial charge in [0.1, 0.15) is 11.5 Å². The van der Waals surface area contributed by atoms with Crippen LogP contribution >= 0.6 is 45.9 Å². The molecule has 26 heavy (non-hydrogen) atoms. The third kappa shape index (κ3) is 4.33. The van der Waals surface area contributed by atoms with Crippen molar-refractivity contribution in [2.75, 3.05) is 12.0 Å². The average Bonchev–Trinajstić information content (AvgIpc) is 3.01. The van der Waals surface area contributed by atoms with Crippen LogP contribution in [0.4, 0.5) is 0 Å². The molecule has 0 fully saturated rings. The van der Waals surface area contributed by atoms with E-state index in [1.54, 1.807) is 30.0 Å². The molecule has 4 nitrogen and oxygen atoms in total. The van der Waals surface area contributed by atoms with Crippen LogP contribution in [0.25, 0.3) is 0 Å². The van der Waals surface area contributed by atoms with E-state index < -0.39 is 6.80 Å². The summed E-state index contributed by atoms with van der Waals surface area (Å²) in [5.41, 5.74) is 1.42. The molecule has 1 atom stereocenters. The molecule has 0 saturated heterocycles. The number of Topliss-reactive ketones (excluding diaryl/α,β-unsaturated/α-hetero) is 1. The number of hydrogen-bond donors (Lipinski definition) is 0. The summed E-state index contributed by atoms with van der Waals surface area (Å²) < 4.78 is 25.8. The Morgan fingerprint density at radius 1 is 1.19 bits per heavy atom. The molecule has 0 aliphatic heterocycles. The van der Waals surface area contributed by atoms with Gasteiger partial charge < -0.3 is 9.05 Å². The van der Waals surface area contributed by atoms with Gasteiger partial charge in [-0.25, -0.2) is 4.57 Å². The standard InChI is InChI=1S/C18H18BrO4PS2/c1-3-26-24(21,22-12-5-4-6-13(11-12)25-2)23-17-10-8-15(19)18-14(17)7-9-16(18)20/h4-6,8,10-11H,3,7,9H2,1-2H3. The van der Waals surface area contributed by atoms with Gasteiger partial charge in [0.25, 0.3) is 0 Å². The second-order valence-corrected chi connectivity index (χ2v) is 11.5. The van der Waals surface area contributed by atoms with Crippen LogP contribution in [0.5, 0.6) is 11.5 Å². The zero-order valence-electron chi connectivity index (χ0n) is 14.4. The molecule has 0 radical (unpaired) electrons. The first-order valence-corrected chi connectivity index (χ1v) is 13.2. The summed E-state index contributed by atoms with van der Waals surface area (Å²) in [4.78, 5) is 13.1. The topological polar surface area (TPSA) is 52.6 Å². The quantitative estimate of drug-likeness (QED) is 0.333. The van der Waals surface area contributed by atoms with Gasteiger partial charge in [0.2, 0.25) is 0 Å². The average molecular weight is 473 g/mol. The summed E-state index contributed by atoms with van der Waals surface area (Å²) in [7, 11) is 0. The molecule has 138 valence electrons. The van der Waals surface area contributed by atoms with Crippen molar-refractivity contribution in [3.8, 4) is 11.5 Å². The lowest BCUT2D eigenvalue weighted by molar-refractivity contribution is 0.0994. The van der Waals surface area contributed by atoms with Gasteiger partial charge in [0.05, 0.1) is 0 Å². The van der Waals surface area contributed by atoms with Crippen LogP contribution in [0.1, 0.15) is 29.3 Å². The molecule has 1 aliphatic rings. The third-order valence-corrected chi connectivity index (χ3v) is 8.84. The monoisotopic (exact) mass is 472 g/mol. The Balaban J connectivity index is 1.91. The molecular weight excluding hydrogens is 455 g/mol. The van der Waals surface area contributed by atoms with E-state index in [-0.39, 0.29) is 5.78 Å². The molecule has 3 rings (SSSR count). The second kappa shape index (κ2) is 8.42. The predicted octanol–water partition coefficient (Wildman–Crippen LogP) is 6.62. The summed E-state index contributed by atoms with van der Waals surface area (Å²) in [6.45, 7) is -1.58. The van der Waals surface area contributed by atoms with Crippen molar-refractivity contribution >= 4 is 51.7 Å². The molecule has 0 saturated carbocycles. The summed E-state index contributed by atoms with van der Waals surface area (Å²) in [6.07, 6.45) is 3.00. The number of carbonyl (C=O) groups is 1. The highest BCUT2D eigenvalue weighted by Crippen LogP contribution is 2.60. The molecule has 0 amide bonds. The van der Waals surface area contributed by atoms with Gasteiger partial charge in [0, 0.05) is 32.7 Å². The van der Waals surface area contributed by atoms with E-state index in [1.807, 2.05) is 31.4 Å². The van der Waals surface area contributed by atoms with Gasteiger partial charge in [-0.05, 0) is 54.4 Å². The van der Waals surface area contributed by atoms with Crippen molar-refractivity contribution in [1.29, 1.82) is 0 Å². The number of carbonyl (C=O) groups excluding carboxylic acids is 1. The first kappa shape index (κ1) is 19.9. The Kier molecular flexibility index (Phi) is 6.44. The lowest BCUT2D eigenvalue weighted by Crippen LogP contribution is -2.01. The Morgan fingerprint density at radius 2 is 2.00 bits per heavy atom. The van der Waals surface area contributed by atoms with Crippen molar-refractivity contribution in [2.45, 2.75) is 24.7 Å². The van der Waals surface area contributed by atoms with Crippen LogP contribution < -0.4 is 9.05 Å². The maximum Gasteiger partial charge on any atom is 0.492 e. The SMILES string of the molecule is CCSP(=O)(Oc1cccc(SC)c1)Oc1ccc(Br)c2c1CCC2=O. The fraction of sp³-hybridized carbons (Fsp3) is 0.278. The maximum atomic E-state index is 13.3.